The molecule has 1 atom stereocenters. The van der Waals surface area contributed by atoms with E-state index in [9.17, 15) is 5.11 Å². The molecule has 0 aliphatic heterocycles. The molecule has 1 unspecified atom stereocenters. The van der Waals surface area contributed by atoms with Crippen molar-refractivity contribution in [1.29, 1.82) is 0 Å². The zero-order chi connectivity index (χ0) is 15.2. The van der Waals surface area contributed by atoms with Crippen LogP contribution in [0.5, 0.6) is 0 Å². The van der Waals surface area contributed by atoms with Crippen molar-refractivity contribution < 1.29 is 9.52 Å². The zero-order valence-corrected chi connectivity index (χ0v) is 15.5. The zero-order valence-electron chi connectivity index (χ0n) is 13.2. The molecule has 1 aromatic heterocycles. The van der Waals surface area contributed by atoms with Crippen LogP contribution in [-0.4, -0.2) is 30.7 Å². The largest absolute Gasteiger partial charge is 0.466 e. The van der Waals surface area contributed by atoms with Crippen LogP contribution in [0.25, 0.3) is 0 Å². The van der Waals surface area contributed by atoms with Gasteiger partial charge < -0.3 is 20.2 Å². The molecular weight excluding hydrogens is 381 g/mol. The van der Waals surface area contributed by atoms with Gasteiger partial charge >= 0.3 is 0 Å². The Morgan fingerprint density at radius 2 is 2.14 bits per heavy atom. The highest BCUT2D eigenvalue weighted by Crippen LogP contribution is 2.27. The number of halogens is 1. The number of nitrogens with zero attached hydrogens (tertiary/aromatic N) is 1. The Balaban J connectivity index is 0.00000400. The van der Waals surface area contributed by atoms with Crippen LogP contribution in [0.2, 0.25) is 0 Å². The molecule has 0 saturated carbocycles. The van der Waals surface area contributed by atoms with E-state index in [0.29, 0.717) is 12.5 Å². The predicted molar refractivity (Wildman–Crippen MR) is 97.3 cm³/mol. The van der Waals surface area contributed by atoms with Crippen LogP contribution in [-0.2, 0) is 5.60 Å². The number of hydrogen-bond acceptors (Lipinski definition) is 3. The number of aliphatic hydroxyl groups is 1. The van der Waals surface area contributed by atoms with Gasteiger partial charge in [-0.25, -0.2) is 4.99 Å². The molecule has 0 fully saturated rings. The first-order valence-electron chi connectivity index (χ1n) is 6.83. The summed E-state index contributed by atoms with van der Waals surface area (Å²) in [5.74, 6) is 2.18. The third-order valence-electron chi connectivity index (χ3n) is 2.92. The van der Waals surface area contributed by atoms with E-state index in [2.05, 4.69) is 22.2 Å². The van der Waals surface area contributed by atoms with Crippen LogP contribution >= 0.6 is 24.0 Å². The summed E-state index contributed by atoms with van der Waals surface area (Å²) in [6.07, 6.45) is 1.76. The first kappa shape index (κ1) is 20.0. The molecule has 0 aromatic carbocycles. The Hall–Kier alpha value is -1.02. The number of aryl methyl sites for hydroxylation is 2. The van der Waals surface area contributed by atoms with Crippen molar-refractivity contribution in [1.82, 2.24) is 10.6 Å². The molecule has 3 N–H and O–H groups in total. The van der Waals surface area contributed by atoms with E-state index in [4.69, 9.17) is 4.42 Å². The van der Waals surface area contributed by atoms with Gasteiger partial charge in [0.15, 0.2) is 5.96 Å². The monoisotopic (exact) mass is 407 g/mol. The minimum Gasteiger partial charge on any atom is -0.466 e. The van der Waals surface area contributed by atoms with Gasteiger partial charge in [-0.05, 0) is 33.8 Å². The third kappa shape index (κ3) is 6.09. The fourth-order valence-corrected chi connectivity index (χ4v) is 1.99. The van der Waals surface area contributed by atoms with Gasteiger partial charge in [0.1, 0.15) is 17.1 Å². The lowest BCUT2D eigenvalue weighted by Gasteiger charge is -2.21. The lowest BCUT2D eigenvalue weighted by molar-refractivity contribution is 0.0657. The SMILES string of the molecule is C=CCNC(=NCC(C)(O)c1cc(C)oc1C)NCC.I. The second-order valence-electron chi connectivity index (χ2n) is 4.97. The van der Waals surface area contributed by atoms with Crippen LogP contribution in [0.4, 0.5) is 0 Å². The number of rotatable bonds is 6. The third-order valence-corrected chi connectivity index (χ3v) is 2.92. The van der Waals surface area contributed by atoms with Gasteiger partial charge in [-0.1, -0.05) is 6.08 Å². The summed E-state index contributed by atoms with van der Waals surface area (Å²) >= 11 is 0. The Kier molecular flexibility index (Phi) is 8.65. The molecule has 0 saturated heterocycles. The van der Waals surface area contributed by atoms with E-state index in [1.54, 1.807) is 13.0 Å². The first-order chi connectivity index (χ1) is 9.40. The van der Waals surface area contributed by atoms with Crippen LogP contribution in [0, 0.1) is 13.8 Å². The van der Waals surface area contributed by atoms with E-state index in [-0.39, 0.29) is 30.5 Å². The summed E-state index contributed by atoms with van der Waals surface area (Å²) in [7, 11) is 0. The lowest BCUT2D eigenvalue weighted by Crippen LogP contribution is -2.38. The predicted octanol–water partition coefficient (Wildman–Crippen LogP) is 2.46. The molecule has 6 heteroatoms. The minimum absolute atomic E-state index is 0. The highest BCUT2D eigenvalue weighted by atomic mass is 127. The van der Waals surface area contributed by atoms with Crippen LogP contribution in [0.1, 0.15) is 30.9 Å². The highest BCUT2D eigenvalue weighted by Gasteiger charge is 2.27. The van der Waals surface area contributed by atoms with Crippen molar-refractivity contribution in [3.63, 3.8) is 0 Å². The van der Waals surface area contributed by atoms with Crippen LogP contribution in [0.3, 0.4) is 0 Å². The van der Waals surface area contributed by atoms with E-state index in [1.165, 1.54) is 0 Å². The fourth-order valence-electron chi connectivity index (χ4n) is 1.99. The fraction of sp³-hybridized carbons (Fsp3) is 0.533. The Morgan fingerprint density at radius 1 is 1.48 bits per heavy atom. The Labute approximate surface area is 143 Å². The lowest BCUT2D eigenvalue weighted by atomic mass is 9.96. The van der Waals surface area contributed by atoms with Crippen LogP contribution < -0.4 is 10.6 Å². The topological polar surface area (TPSA) is 69.8 Å². The second-order valence-corrected chi connectivity index (χ2v) is 4.97. The smallest absolute Gasteiger partial charge is 0.191 e. The van der Waals surface area contributed by atoms with Gasteiger partial charge in [0.25, 0.3) is 0 Å². The standard InChI is InChI=1S/C15H25N3O2.HI/c1-6-8-17-14(16-7-2)18-10-15(5,19)13-9-11(3)20-12(13)4;/h6,9,19H,1,7-8,10H2,2-5H3,(H2,16,17,18);1H. The Bertz CT molecular complexity index is 481. The van der Waals surface area contributed by atoms with Crippen molar-refractivity contribution >= 4 is 29.9 Å². The van der Waals surface area contributed by atoms with Crippen molar-refractivity contribution in [2.45, 2.75) is 33.3 Å². The molecule has 1 heterocycles. The summed E-state index contributed by atoms with van der Waals surface area (Å²) in [4.78, 5) is 4.40. The molecule has 120 valence electrons. The Morgan fingerprint density at radius 3 is 2.62 bits per heavy atom. The van der Waals surface area contributed by atoms with Gasteiger partial charge in [-0.3, -0.25) is 0 Å². The van der Waals surface area contributed by atoms with E-state index >= 15 is 0 Å². The molecular formula is C15H26IN3O2. The van der Waals surface area contributed by atoms with Gasteiger partial charge in [-0.2, -0.15) is 0 Å². The average Bonchev–Trinajstić information content (AvgIpc) is 2.73. The molecule has 0 aliphatic rings. The molecule has 1 rings (SSSR count). The molecule has 0 amide bonds. The molecule has 0 bridgehead atoms. The van der Waals surface area contributed by atoms with Crippen molar-refractivity contribution in [3.05, 3.63) is 35.8 Å². The van der Waals surface area contributed by atoms with Gasteiger partial charge in [0.2, 0.25) is 0 Å². The maximum absolute atomic E-state index is 10.6. The quantitative estimate of drug-likeness (QED) is 0.293. The number of furan rings is 1. The molecule has 21 heavy (non-hydrogen) atoms. The normalized spacial score (nSPS) is 14.0. The van der Waals surface area contributed by atoms with Crippen molar-refractivity contribution in [3.8, 4) is 0 Å². The molecule has 5 nitrogen and oxygen atoms in total. The second kappa shape index (κ2) is 9.09. The van der Waals surface area contributed by atoms with Crippen molar-refractivity contribution in [2.75, 3.05) is 19.6 Å². The highest BCUT2D eigenvalue weighted by molar-refractivity contribution is 14.0. The molecule has 0 radical (unpaired) electrons. The maximum Gasteiger partial charge on any atom is 0.191 e. The minimum atomic E-state index is -1.06. The van der Waals surface area contributed by atoms with Gasteiger partial charge in [0.05, 0.1) is 6.54 Å². The number of aliphatic imine (C=N–C) groups is 1. The van der Waals surface area contributed by atoms with E-state index in [1.807, 2.05) is 26.8 Å². The summed E-state index contributed by atoms with van der Waals surface area (Å²) in [6, 6.07) is 1.86. The number of hydrogen-bond donors (Lipinski definition) is 3. The number of guanidine groups is 1. The summed E-state index contributed by atoms with van der Waals surface area (Å²) in [5, 5.41) is 16.8. The maximum atomic E-state index is 10.6. The summed E-state index contributed by atoms with van der Waals surface area (Å²) < 4.78 is 5.47. The molecule has 0 aliphatic carbocycles. The van der Waals surface area contributed by atoms with Crippen LogP contribution in [0.15, 0.2) is 28.1 Å². The van der Waals surface area contributed by atoms with Gasteiger partial charge in [0, 0.05) is 18.7 Å². The summed E-state index contributed by atoms with van der Waals surface area (Å²) in [6.45, 7) is 12.7. The average molecular weight is 407 g/mol. The molecule has 1 aromatic rings. The number of nitrogens with one attached hydrogen (secondary N) is 2. The first-order valence-corrected chi connectivity index (χ1v) is 6.83. The molecule has 0 spiro atoms. The van der Waals surface area contributed by atoms with Gasteiger partial charge in [-0.15, -0.1) is 30.6 Å². The summed E-state index contributed by atoms with van der Waals surface area (Å²) in [5.41, 5.74) is -0.281. The van der Waals surface area contributed by atoms with E-state index in [0.717, 1.165) is 23.6 Å². The van der Waals surface area contributed by atoms with Crippen molar-refractivity contribution in [2.24, 2.45) is 4.99 Å². The van der Waals surface area contributed by atoms with E-state index < -0.39 is 5.60 Å².